The van der Waals surface area contributed by atoms with E-state index in [9.17, 15) is 4.79 Å². The second-order valence-corrected chi connectivity index (χ2v) is 8.07. The Morgan fingerprint density at radius 1 is 1.17 bits per heavy atom. The van der Waals surface area contributed by atoms with E-state index >= 15 is 0 Å². The normalized spacial score (nSPS) is 10.6. The zero-order valence-corrected chi connectivity index (χ0v) is 16.2. The number of aromatic nitrogens is 1. The molecule has 0 bridgehead atoms. The summed E-state index contributed by atoms with van der Waals surface area (Å²) in [6.07, 6.45) is 0. The van der Waals surface area contributed by atoms with Gasteiger partial charge in [-0.1, -0.05) is 35.0 Å². The first-order chi connectivity index (χ1) is 11.7. The van der Waals surface area contributed by atoms with Crippen LogP contribution in [0.4, 0.5) is 5.13 Å². The smallest absolute Gasteiger partial charge is 0.257 e. The van der Waals surface area contributed by atoms with E-state index in [2.05, 4.69) is 33.2 Å². The molecule has 6 heteroatoms. The monoisotopic (exact) mass is 418 g/mol. The van der Waals surface area contributed by atoms with Crippen LogP contribution in [-0.2, 0) is 0 Å². The first-order valence-corrected chi connectivity index (χ1v) is 10.1. The maximum Gasteiger partial charge on any atom is 0.257 e. The van der Waals surface area contributed by atoms with Gasteiger partial charge in [-0.2, -0.15) is 0 Å². The minimum Gasteiger partial charge on any atom is -0.298 e. The van der Waals surface area contributed by atoms with Crippen LogP contribution in [0.25, 0.3) is 11.3 Å². The second-order valence-electron chi connectivity index (χ2n) is 4.96. The van der Waals surface area contributed by atoms with E-state index in [1.807, 2.05) is 53.9 Å². The van der Waals surface area contributed by atoms with Crippen molar-refractivity contribution in [2.45, 2.75) is 11.8 Å². The van der Waals surface area contributed by atoms with E-state index < -0.39 is 0 Å². The molecule has 0 unspecified atom stereocenters. The minimum absolute atomic E-state index is 0.139. The Balaban J connectivity index is 1.69. The third kappa shape index (κ3) is 4.26. The third-order valence-electron chi connectivity index (χ3n) is 3.29. The number of hydrogen-bond donors (Lipinski definition) is 1. The number of benzene rings is 2. The number of carbonyl (C=O) groups is 1. The van der Waals surface area contributed by atoms with E-state index in [1.165, 1.54) is 16.2 Å². The maximum absolute atomic E-state index is 12.3. The number of carbonyl (C=O) groups excluding carboxylic acids is 1. The molecule has 0 fully saturated rings. The molecule has 0 aliphatic rings. The number of nitrogens with zero attached hydrogens (tertiary/aromatic N) is 1. The number of nitrogens with one attached hydrogen (secondary N) is 1. The van der Waals surface area contributed by atoms with Gasteiger partial charge < -0.3 is 0 Å². The van der Waals surface area contributed by atoms with Gasteiger partial charge >= 0.3 is 0 Å². The molecule has 24 heavy (non-hydrogen) atoms. The molecule has 0 saturated carbocycles. The maximum atomic E-state index is 12.3. The number of amides is 1. The summed E-state index contributed by atoms with van der Waals surface area (Å²) in [7, 11) is 0. The average molecular weight is 419 g/mol. The molecule has 3 rings (SSSR count). The van der Waals surface area contributed by atoms with Crippen LogP contribution in [0, 0.1) is 0 Å². The van der Waals surface area contributed by atoms with Crippen molar-refractivity contribution in [2.75, 3.05) is 11.1 Å². The van der Waals surface area contributed by atoms with Crippen molar-refractivity contribution >= 4 is 50.1 Å². The topological polar surface area (TPSA) is 42.0 Å². The molecule has 0 saturated heterocycles. The van der Waals surface area contributed by atoms with Gasteiger partial charge in [-0.05, 0) is 42.2 Å². The van der Waals surface area contributed by atoms with Gasteiger partial charge in [0.1, 0.15) is 0 Å². The van der Waals surface area contributed by atoms with Gasteiger partial charge in [0.05, 0.1) is 5.69 Å². The van der Waals surface area contributed by atoms with Crippen LogP contribution in [0.2, 0.25) is 0 Å². The fourth-order valence-corrected chi connectivity index (χ4v) is 3.76. The highest BCUT2D eigenvalue weighted by molar-refractivity contribution is 9.10. The van der Waals surface area contributed by atoms with Crippen LogP contribution in [0.15, 0.2) is 63.3 Å². The van der Waals surface area contributed by atoms with Gasteiger partial charge in [-0.25, -0.2) is 4.98 Å². The number of hydrogen-bond acceptors (Lipinski definition) is 4. The van der Waals surface area contributed by atoms with Crippen molar-refractivity contribution < 1.29 is 4.79 Å². The van der Waals surface area contributed by atoms with E-state index in [4.69, 9.17) is 0 Å². The third-order valence-corrected chi connectivity index (χ3v) is 5.47. The van der Waals surface area contributed by atoms with Crippen molar-refractivity contribution in [3.63, 3.8) is 0 Å². The van der Waals surface area contributed by atoms with Crippen LogP contribution in [-0.4, -0.2) is 16.6 Å². The number of thioether (sulfide) groups is 1. The van der Waals surface area contributed by atoms with Crippen LogP contribution in [0.3, 0.4) is 0 Å². The fraction of sp³-hybridized carbons (Fsp3) is 0.111. The van der Waals surface area contributed by atoms with Crippen molar-refractivity contribution in [3.05, 3.63) is 63.9 Å². The van der Waals surface area contributed by atoms with Crippen molar-refractivity contribution in [3.8, 4) is 11.3 Å². The van der Waals surface area contributed by atoms with Crippen LogP contribution < -0.4 is 5.32 Å². The summed E-state index contributed by atoms with van der Waals surface area (Å²) in [4.78, 5) is 18.0. The highest BCUT2D eigenvalue weighted by Gasteiger charge is 2.10. The summed E-state index contributed by atoms with van der Waals surface area (Å²) >= 11 is 6.60. The zero-order valence-electron chi connectivity index (χ0n) is 13.0. The SMILES string of the molecule is CCSc1ccc(C(=O)Nc2nc(-c3ccc(Br)cc3)cs2)cc1. The first-order valence-electron chi connectivity index (χ1n) is 7.41. The van der Waals surface area contributed by atoms with Crippen molar-refractivity contribution in [1.82, 2.24) is 4.98 Å². The Kier molecular flexibility index (Phi) is 5.71. The predicted octanol–water partition coefficient (Wildman–Crippen LogP) is 5.94. The van der Waals surface area contributed by atoms with Crippen molar-refractivity contribution in [1.29, 1.82) is 0 Å². The molecule has 2 aromatic carbocycles. The zero-order chi connectivity index (χ0) is 16.9. The predicted molar refractivity (Wildman–Crippen MR) is 106 cm³/mol. The quantitative estimate of drug-likeness (QED) is 0.521. The highest BCUT2D eigenvalue weighted by Crippen LogP contribution is 2.26. The molecule has 1 aromatic heterocycles. The lowest BCUT2D eigenvalue weighted by atomic mass is 10.2. The van der Waals surface area contributed by atoms with Gasteiger partial charge in [0.15, 0.2) is 5.13 Å². The van der Waals surface area contributed by atoms with E-state index in [0.29, 0.717) is 10.7 Å². The minimum atomic E-state index is -0.139. The number of halogens is 1. The Bertz CT molecular complexity index is 829. The lowest BCUT2D eigenvalue weighted by Crippen LogP contribution is -2.11. The summed E-state index contributed by atoms with van der Waals surface area (Å²) in [6.45, 7) is 2.11. The second kappa shape index (κ2) is 7.96. The molecule has 3 aromatic rings. The largest absolute Gasteiger partial charge is 0.298 e. The molecule has 0 aliphatic carbocycles. The first kappa shape index (κ1) is 17.2. The molecule has 122 valence electrons. The standard InChI is InChI=1S/C18H15BrN2OS2/c1-2-23-15-9-5-13(6-10-15)17(22)21-18-20-16(11-24-18)12-3-7-14(19)8-4-12/h3-11H,2H2,1H3,(H,20,21,22). The number of rotatable bonds is 5. The van der Waals surface area contributed by atoms with E-state index in [0.717, 1.165) is 21.5 Å². The van der Waals surface area contributed by atoms with Crippen LogP contribution in [0.1, 0.15) is 17.3 Å². The summed E-state index contributed by atoms with van der Waals surface area (Å²) in [5.74, 6) is 0.878. The average Bonchev–Trinajstić information content (AvgIpc) is 3.05. The lowest BCUT2D eigenvalue weighted by Gasteiger charge is -2.03. The van der Waals surface area contributed by atoms with Crippen LogP contribution in [0.5, 0.6) is 0 Å². The van der Waals surface area contributed by atoms with Crippen molar-refractivity contribution in [2.24, 2.45) is 0 Å². The van der Waals surface area contributed by atoms with Gasteiger partial charge in [0.2, 0.25) is 0 Å². The molecule has 0 atom stereocenters. The summed E-state index contributed by atoms with van der Waals surface area (Å²) in [5, 5.41) is 5.41. The fourth-order valence-electron chi connectivity index (χ4n) is 2.12. The van der Waals surface area contributed by atoms with Gasteiger partial charge in [-0.3, -0.25) is 10.1 Å². The molecule has 0 aliphatic heterocycles. The lowest BCUT2D eigenvalue weighted by molar-refractivity contribution is 0.102. The molecule has 0 spiro atoms. The molecule has 1 heterocycles. The van der Waals surface area contributed by atoms with Crippen LogP contribution >= 0.6 is 39.0 Å². The summed E-state index contributed by atoms with van der Waals surface area (Å²) in [6, 6.07) is 15.6. The van der Waals surface area contributed by atoms with Gasteiger partial charge in [-0.15, -0.1) is 23.1 Å². The molecule has 1 amide bonds. The van der Waals surface area contributed by atoms with Gasteiger partial charge in [0, 0.05) is 25.9 Å². The molecule has 1 N–H and O–H groups in total. The summed E-state index contributed by atoms with van der Waals surface area (Å²) < 4.78 is 1.03. The molecule has 0 radical (unpaired) electrons. The Labute approximate surface area is 157 Å². The molecule has 3 nitrogen and oxygen atoms in total. The number of thiazole rings is 1. The number of anilines is 1. The Morgan fingerprint density at radius 3 is 2.54 bits per heavy atom. The Hall–Kier alpha value is -1.63. The van der Waals surface area contributed by atoms with E-state index in [-0.39, 0.29) is 5.91 Å². The van der Waals surface area contributed by atoms with Gasteiger partial charge in [0.25, 0.3) is 5.91 Å². The Morgan fingerprint density at radius 2 is 1.88 bits per heavy atom. The molecular weight excluding hydrogens is 404 g/mol. The van der Waals surface area contributed by atoms with E-state index in [1.54, 1.807) is 11.8 Å². The molecular formula is C18H15BrN2OS2. The summed E-state index contributed by atoms with van der Waals surface area (Å²) in [5.41, 5.74) is 2.52. The highest BCUT2D eigenvalue weighted by atomic mass is 79.9.